The zero-order chi connectivity index (χ0) is 17.5. The molecule has 1 aliphatic carbocycles. The lowest BCUT2D eigenvalue weighted by Gasteiger charge is -2.28. The molecule has 1 fully saturated rings. The van der Waals surface area contributed by atoms with Gasteiger partial charge in [0.2, 0.25) is 0 Å². The van der Waals surface area contributed by atoms with E-state index in [0.717, 1.165) is 30.6 Å². The van der Waals surface area contributed by atoms with Crippen LogP contribution in [0.3, 0.4) is 0 Å². The fourth-order valence-corrected chi connectivity index (χ4v) is 2.99. The van der Waals surface area contributed by atoms with Crippen molar-refractivity contribution in [2.24, 2.45) is 5.92 Å². The smallest absolute Gasteiger partial charge is 0.257 e. The van der Waals surface area contributed by atoms with Crippen molar-refractivity contribution in [2.75, 3.05) is 7.05 Å². The summed E-state index contributed by atoms with van der Waals surface area (Å²) in [6.07, 6.45) is 6.25. The molecule has 2 rings (SSSR count). The van der Waals surface area contributed by atoms with Crippen LogP contribution >= 0.6 is 0 Å². The number of benzene rings is 1. The Morgan fingerprint density at radius 1 is 1.33 bits per heavy atom. The average molecular weight is 325 g/mol. The minimum Gasteiger partial charge on any atom is -0.340 e. The third-order valence-corrected chi connectivity index (χ3v) is 4.50. The van der Waals surface area contributed by atoms with Gasteiger partial charge in [-0.2, -0.15) is 5.26 Å². The number of likely N-dealkylation sites (N-methyl/N-ethyl adjacent to an activating group) is 1. The molecule has 1 saturated carbocycles. The maximum absolute atomic E-state index is 12.5. The lowest BCUT2D eigenvalue weighted by atomic mass is 9.82. The van der Waals surface area contributed by atoms with E-state index in [9.17, 15) is 9.59 Å². The Morgan fingerprint density at radius 3 is 2.54 bits per heavy atom. The summed E-state index contributed by atoms with van der Waals surface area (Å²) in [5.41, 5.74) is 1.75. The molecule has 5 nitrogen and oxygen atoms in total. The van der Waals surface area contributed by atoms with Crippen LogP contribution in [-0.4, -0.2) is 29.8 Å². The topological polar surface area (TPSA) is 73.2 Å². The van der Waals surface area contributed by atoms with Crippen molar-refractivity contribution < 1.29 is 9.59 Å². The van der Waals surface area contributed by atoms with Crippen LogP contribution < -0.4 is 5.32 Å². The SMILES string of the molecule is C=C1CCC(C[C@H](NC(=O)c2ccccc2)C(=O)N(C)C#N)CC1. The molecule has 0 bridgehead atoms. The lowest BCUT2D eigenvalue weighted by molar-refractivity contribution is -0.129. The standard InChI is InChI=1S/C19H23N3O2/c1-14-8-10-15(11-9-14)12-17(19(24)22(2)13-20)21-18(23)16-6-4-3-5-7-16/h3-7,15,17H,1,8-12H2,2H3,(H,21,23)/t17-/m0/s1. The Bertz CT molecular complexity index is 638. The van der Waals surface area contributed by atoms with Gasteiger partial charge in [-0.25, -0.2) is 0 Å². The van der Waals surface area contributed by atoms with Gasteiger partial charge in [0.1, 0.15) is 6.04 Å². The second-order valence-electron chi connectivity index (χ2n) is 6.32. The highest BCUT2D eigenvalue weighted by atomic mass is 16.2. The number of amides is 2. The highest BCUT2D eigenvalue weighted by Crippen LogP contribution is 2.30. The molecule has 1 N–H and O–H groups in total. The highest BCUT2D eigenvalue weighted by Gasteiger charge is 2.28. The number of hydrogen-bond acceptors (Lipinski definition) is 3. The lowest BCUT2D eigenvalue weighted by Crippen LogP contribution is -2.47. The molecule has 0 spiro atoms. The Balaban J connectivity index is 2.08. The predicted octanol–water partition coefficient (Wildman–Crippen LogP) is 2.86. The van der Waals surface area contributed by atoms with Crippen molar-refractivity contribution in [1.29, 1.82) is 5.26 Å². The number of carbonyl (C=O) groups is 2. The Hall–Kier alpha value is -2.61. The van der Waals surface area contributed by atoms with Crippen LogP contribution in [-0.2, 0) is 4.79 Å². The molecule has 1 atom stereocenters. The van der Waals surface area contributed by atoms with Gasteiger partial charge in [0.25, 0.3) is 11.8 Å². The third-order valence-electron chi connectivity index (χ3n) is 4.50. The fourth-order valence-electron chi connectivity index (χ4n) is 2.99. The summed E-state index contributed by atoms with van der Waals surface area (Å²) in [5.74, 6) is -0.306. The van der Waals surface area contributed by atoms with Gasteiger partial charge >= 0.3 is 0 Å². The first-order chi connectivity index (χ1) is 11.5. The normalized spacial score (nSPS) is 16.1. The van der Waals surface area contributed by atoms with E-state index >= 15 is 0 Å². The monoisotopic (exact) mass is 325 g/mol. The molecule has 5 heteroatoms. The highest BCUT2D eigenvalue weighted by molar-refractivity contribution is 5.97. The van der Waals surface area contributed by atoms with Crippen LogP contribution in [0.2, 0.25) is 0 Å². The third kappa shape index (κ3) is 4.69. The molecule has 126 valence electrons. The van der Waals surface area contributed by atoms with Gasteiger partial charge in [-0.3, -0.25) is 14.5 Å². The Kier molecular flexibility index (Phi) is 6.14. The zero-order valence-electron chi connectivity index (χ0n) is 14.0. The van der Waals surface area contributed by atoms with Crippen molar-refractivity contribution >= 4 is 11.8 Å². The van der Waals surface area contributed by atoms with E-state index in [1.165, 1.54) is 12.6 Å². The van der Waals surface area contributed by atoms with E-state index in [-0.39, 0.29) is 11.8 Å². The summed E-state index contributed by atoms with van der Waals surface area (Å²) in [4.78, 5) is 25.8. The molecule has 0 heterocycles. The van der Waals surface area contributed by atoms with Crippen LogP contribution in [0.4, 0.5) is 0 Å². The van der Waals surface area contributed by atoms with Crippen LogP contribution in [0.25, 0.3) is 0 Å². The molecule has 0 radical (unpaired) electrons. The van der Waals surface area contributed by atoms with Crippen molar-refractivity contribution in [3.8, 4) is 6.19 Å². The Labute approximate surface area is 143 Å². The largest absolute Gasteiger partial charge is 0.340 e. The van der Waals surface area contributed by atoms with Crippen LogP contribution in [0.1, 0.15) is 42.5 Å². The molecule has 0 aromatic heterocycles. The van der Waals surface area contributed by atoms with E-state index in [1.54, 1.807) is 24.3 Å². The molecule has 0 aliphatic heterocycles. The Morgan fingerprint density at radius 2 is 1.96 bits per heavy atom. The first kappa shape index (κ1) is 17.7. The number of allylic oxidation sites excluding steroid dienone is 1. The molecule has 24 heavy (non-hydrogen) atoms. The van der Waals surface area contributed by atoms with Gasteiger partial charge in [-0.05, 0) is 50.2 Å². The van der Waals surface area contributed by atoms with Crippen molar-refractivity contribution in [1.82, 2.24) is 10.2 Å². The number of nitrogens with zero attached hydrogens (tertiary/aromatic N) is 2. The summed E-state index contributed by atoms with van der Waals surface area (Å²) in [6, 6.07) is 8.11. The van der Waals surface area contributed by atoms with E-state index < -0.39 is 6.04 Å². The molecule has 1 aromatic rings. The summed E-state index contributed by atoms with van der Waals surface area (Å²) >= 11 is 0. The average Bonchev–Trinajstić information content (AvgIpc) is 2.62. The van der Waals surface area contributed by atoms with Gasteiger partial charge in [-0.15, -0.1) is 0 Å². The second-order valence-corrected chi connectivity index (χ2v) is 6.32. The number of carbonyl (C=O) groups excluding carboxylic acids is 2. The molecular weight excluding hydrogens is 302 g/mol. The summed E-state index contributed by atoms with van der Waals surface area (Å²) in [6.45, 7) is 4.00. The first-order valence-electron chi connectivity index (χ1n) is 8.21. The van der Waals surface area contributed by atoms with Crippen molar-refractivity contribution in [2.45, 2.75) is 38.1 Å². The minimum atomic E-state index is -0.682. The maximum atomic E-state index is 12.5. The number of nitriles is 1. The maximum Gasteiger partial charge on any atom is 0.257 e. The van der Waals surface area contributed by atoms with Gasteiger partial charge in [0.15, 0.2) is 6.19 Å². The molecule has 0 saturated heterocycles. The van der Waals surface area contributed by atoms with Crippen LogP contribution in [0.5, 0.6) is 0 Å². The van der Waals surface area contributed by atoms with Gasteiger partial charge in [0, 0.05) is 12.6 Å². The van der Waals surface area contributed by atoms with Gasteiger partial charge in [0.05, 0.1) is 0 Å². The summed E-state index contributed by atoms with van der Waals surface area (Å²) < 4.78 is 0. The quantitative estimate of drug-likeness (QED) is 0.514. The molecular formula is C19H23N3O2. The van der Waals surface area contributed by atoms with Gasteiger partial charge in [-0.1, -0.05) is 30.4 Å². The fraction of sp³-hybridized carbons (Fsp3) is 0.421. The molecule has 1 aromatic carbocycles. The molecule has 2 amide bonds. The van der Waals surface area contributed by atoms with Crippen LogP contribution in [0.15, 0.2) is 42.5 Å². The molecule has 0 unspecified atom stereocenters. The summed E-state index contributed by atoms with van der Waals surface area (Å²) in [5, 5.41) is 11.8. The molecule has 1 aliphatic rings. The first-order valence-corrected chi connectivity index (χ1v) is 8.21. The van der Waals surface area contributed by atoms with E-state index in [0.29, 0.717) is 17.9 Å². The number of nitrogens with one attached hydrogen (secondary N) is 1. The second kappa shape index (κ2) is 8.30. The number of rotatable bonds is 5. The van der Waals surface area contributed by atoms with E-state index in [2.05, 4.69) is 11.9 Å². The van der Waals surface area contributed by atoms with E-state index in [4.69, 9.17) is 5.26 Å². The zero-order valence-corrected chi connectivity index (χ0v) is 14.0. The predicted molar refractivity (Wildman–Crippen MR) is 91.8 cm³/mol. The summed E-state index contributed by atoms with van der Waals surface area (Å²) in [7, 11) is 1.42. The minimum absolute atomic E-state index is 0.291. The van der Waals surface area contributed by atoms with Crippen molar-refractivity contribution in [3.63, 3.8) is 0 Å². The van der Waals surface area contributed by atoms with Crippen molar-refractivity contribution in [3.05, 3.63) is 48.0 Å². The number of hydrogen-bond donors (Lipinski definition) is 1. The van der Waals surface area contributed by atoms with Gasteiger partial charge < -0.3 is 5.32 Å². The van der Waals surface area contributed by atoms with Crippen LogP contribution in [0, 0.1) is 17.4 Å². The van der Waals surface area contributed by atoms with E-state index in [1.807, 2.05) is 12.3 Å².